The number of nitrogens with zero attached hydrogens (tertiary/aromatic N) is 3. The number of anilines is 2. The van der Waals surface area contributed by atoms with E-state index >= 15 is 0 Å². The highest BCUT2D eigenvalue weighted by Gasteiger charge is 2.15. The summed E-state index contributed by atoms with van der Waals surface area (Å²) >= 11 is 0. The molecule has 0 saturated carbocycles. The third-order valence-corrected chi connectivity index (χ3v) is 3.11. The summed E-state index contributed by atoms with van der Waals surface area (Å²) in [4.78, 5) is 7.88. The van der Waals surface area contributed by atoms with E-state index in [9.17, 15) is 0 Å². The zero-order chi connectivity index (χ0) is 16.8. The molecular weight excluding hydrogens is 298 g/mol. The van der Waals surface area contributed by atoms with E-state index in [1.807, 2.05) is 6.07 Å². The molecule has 0 fully saturated rings. The molecule has 0 saturated heterocycles. The molecule has 1 aromatic heterocycles. The van der Waals surface area contributed by atoms with Crippen LogP contribution in [0, 0.1) is 11.3 Å². The summed E-state index contributed by atoms with van der Waals surface area (Å²) in [5.74, 6) is 1.75. The summed E-state index contributed by atoms with van der Waals surface area (Å²) in [6, 6.07) is 5.47. The Morgan fingerprint density at radius 3 is 2.35 bits per heavy atom. The SMILES string of the molecule is COc1cc(Cc2cnc(N)nc2N)cc(OC)c1OCC#N. The number of aromatic nitrogens is 2. The summed E-state index contributed by atoms with van der Waals surface area (Å²) in [5.41, 5.74) is 12.9. The fourth-order valence-electron chi connectivity index (χ4n) is 2.07. The fourth-order valence-corrected chi connectivity index (χ4v) is 2.07. The van der Waals surface area contributed by atoms with Gasteiger partial charge in [0.1, 0.15) is 11.9 Å². The third kappa shape index (κ3) is 3.71. The van der Waals surface area contributed by atoms with Crippen molar-refractivity contribution in [3.8, 4) is 23.3 Å². The van der Waals surface area contributed by atoms with Crippen molar-refractivity contribution in [1.29, 1.82) is 5.26 Å². The van der Waals surface area contributed by atoms with E-state index in [2.05, 4.69) is 9.97 Å². The van der Waals surface area contributed by atoms with Crippen LogP contribution in [0.5, 0.6) is 17.2 Å². The average molecular weight is 315 g/mol. The minimum absolute atomic E-state index is 0.106. The van der Waals surface area contributed by atoms with Gasteiger partial charge in [0, 0.05) is 18.2 Å². The number of nitriles is 1. The highest BCUT2D eigenvalue weighted by molar-refractivity contribution is 5.55. The van der Waals surface area contributed by atoms with Gasteiger partial charge in [-0.3, -0.25) is 0 Å². The lowest BCUT2D eigenvalue weighted by atomic mass is 10.1. The molecule has 4 N–H and O–H groups in total. The van der Waals surface area contributed by atoms with Gasteiger partial charge in [0.15, 0.2) is 18.1 Å². The minimum Gasteiger partial charge on any atom is -0.493 e. The molecule has 0 aliphatic rings. The first-order valence-electron chi connectivity index (χ1n) is 6.70. The van der Waals surface area contributed by atoms with Gasteiger partial charge in [-0.15, -0.1) is 0 Å². The zero-order valence-corrected chi connectivity index (χ0v) is 12.9. The average Bonchev–Trinajstić information content (AvgIpc) is 2.55. The Balaban J connectivity index is 2.38. The molecule has 8 nitrogen and oxygen atoms in total. The summed E-state index contributed by atoms with van der Waals surface area (Å²) in [6.07, 6.45) is 2.05. The highest BCUT2D eigenvalue weighted by atomic mass is 16.5. The molecule has 0 bridgehead atoms. The number of rotatable bonds is 6. The second kappa shape index (κ2) is 7.17. The maximum Gasteiger partial charge on any atom is 0.221 e. The lowest BCUT2D eigenvalue weighted by Crippen LogP contribution is -2.05. The van der Waals surface area contributed by atoms with Gasteiger partial charge in [-0.25, -0.2) is 4.98 Å². The molecule has 8 heteroatoms. The lowest BCUT2D eigenvalue weighted by molar-refractivity contribution is 0.303. The van der Waals surface area contributed by atoms with Crippen LogP contribution < -0.4 is 25.7 Å². The molecule has 1 aromatic carbocycles. The van der Waals surface area contributed by atoms with Crippen LogP contribution in [0.25, 0.3) is 0 Å². The predicted octanol–water partition coefficient (Wildman–Crippen LogP) is 1.15. The number of benzene rings is 1. The Bertz CT molecular complexity index is 717. The van der Waals surface area contributed by atoms with Gasteiger partial charge in [0.05, 0.1) is 14.2 Å². The number of hydrogen-bond acceptors (Lipinski definition) is 8. The van der Waals surface area contributed by atoms with E-state index in [0.717, 1.165) is 11.1 Å². The van der Waals surface area contributed by atoms with Gasteiger partial charge in [0.2, 0.25) is 11.7 Å². The molecule has 23 heavy (non-hydrogen) atoms. The van der Waals surface area contributed by atoms with Crippen molar-refractivity contribution in [2.45, 2.75) is 6.42 Å². The zero-order valence-electron chi connectivity index (χ0n) is 12.9. The lowest BCUT2D eigenvalue weighted by Gasteiger charge is -2.15. The van der Waals surface area contributed by atoms with E-state index in [4.69, 9.17) is 30.9 Å². The Kier molecular flexibility index (Phi) is 5.04. The Morgan fingerprint density at radius 2 is 1.83 bits per heavy atom. The molecule has 0 unspecified atom stereocenters. The van der Waals surface area contributed by atoms with Crippen molar-refractivity contribution in [2.24, 2.45) is 0 Å². The maximum absolute atomic E-state index is 8.66. The molecule has 0 amide bonds. The standard InChI is InChI=1S/C15H17N5O3/c1-21-11-6-9(5-10-8-19-15(18)20-14(10)17)7-12(22-2)13(11)23-4-3-16/h6-8H,4-5H2,1-2H3,(H4,17,18,19,20). The van der Waals surface area contributed by atoms with Crippen LogP contribution in [0.4, 0.5) is 11.8 Å². The number of ether oxygens (including phenoxy) is 3. The first-order chi connectivity index (χ1) is 11.1. The summed E-state index contributed by atoms with van der Waals surface area (Å²) < 4.78 is 16.0. The van der Waals surface area contributed by atoms with Crippen LogP contribution in [0.1, 0.15) is 11.1 Å². The second-order valence-corrected chi connectivity index (χ2v) is 4.59. The molecule has 0 radical (unpaired) electrons. The number of hydrogen-bond donors (Lipinski definition) is 2. The quantitative estimate of drug-likeness (QED) is 0.812. The van der Waals surface area contributed by atoms with Crippen molar-refractivity contribution in [2.75, 3.05) is 32.3 Å². The van der Waals surface area contributed by atoms with Gasteiger partial charge in [-0.1, -0.05) is 0 Å². The van der Waals surface area contributed by atoms with Crippen LogP contribution in [0.15, 0.2) is 18.3 Å². The van der Waals surface area contributed by atoms with Crippen LogP contribution >= 0.6 is 0 Å². The molecule has 0 atom stereocenters. The molecule has 120 valence electrons. The number of nitrogens with two attached hydrogens (primary N) is 2. The van der Waals surface area contributed by atoms with Crippen molar-refractivity contribution >= 4 is 11.8 Å². The maximum atomic E-state index is 8.66. The van der Waals surface area contributed by atoms with E-state index in [1.54, 1.807) is 18.3 Å². The molecule has 2 rings (SSSR count). The van der Waals surface area contributed by atoms with E-state index < -0.39 is 0 Å². The first-order valence-corrected chi connectivity index (χ1v) is 6.70. The summed E-state index contributed by atoms with van der Waals surface area (Å²) in [6.45, 7) is -0.106. The third-order valence-electron chi connectivity index (χ3n) is 3.11. The Labute approximate surface area is 133 Å². The van der Waals surface area contributed by atoms with Crippen molar-refractivity contribution in [1.82, 2.24) is 9.97 Å². The van der Waals surface area contributed by atoms with Gasteiger partial charge in [-0.2, -0.15) is 10.2 Å². The molecule has 2 aromatic rings. The predicted molar refractivity (Wildman–Crippen MR) is 84.3 cm³/mol. The van der Waals surface area contributed by atoms with E-state index in [-0.39, 0.29) is 12.6 Å². The van der Waals surface area contributed by atoms with Crippen LogP contribution in [-0.4, -0.2) is 30.8 Å². The smallest absolute Gasteiger partial charge is 0.221 e. The minimum atomic E-state index is -0.106. The molecular formula is C15H17N5O3. The van der Waals surface area contributed by atoms with Crippen LogP contribution in [-0.2, 0) is 6.42 Å². The normalized spacial score (nSPS) is 9.96. The Hall–Kier alpha value is -3.21. The van der Waals surface area contributed by atoms with Crippen molar-refractivity contribution < 1.29 is 14.2 Å². The largest absolute Gasteiger partial charge is 0.493 e. The van der Waals surface area contributed by atoms with Gasteiger partial charge >= 0.3 is 0 Å². The Morgan fingerprint density at radius 1 is 1.17 bits per heavy atom. The van der Waals surface area contributed by atoms with Crippen molar-refractivity contribution in [3.63, 3.8) is 0 Å². The molecule has 0 aliphatic heterocycles. The molecule has 0 spiro atoms. The number of methoxy groups -OCH3 is 2. The van der Waals surface area contributed by atoms with Gasteiger partial charge in [0.25, 0.3) is 0 Å². The summed E-state index contributed by atoms with van der Waals surface area (Å²) in [7, 11) is 3.02. The van der Waals surface area contributed by atoms with E-state index in [0.29, 0.717) is 29.5 Å². The first kappa shape index (κ1) is 16.2. The van der Waals surface area contributed by atoms with E-state index in [1.165, 1.54) is 14.2 Å². The monoisotopic (exact) mass is 315 g/mol. The van der Waals surface area contributed by atoms with Crippen LogP contribution in [0.2, 0.25) is 0 Å². The van der Waals surface area contributed by atoms with Gasteiger partial charge < -0.3 is 25.7 Å². The second-order valence-electron chi connectivity index (χ2n) is 4.59. The topological polar surface area (TPSA) is 129 Å². The summed E-state index contributed by atoms with van der Waals surface area (Å²) in [5, 5.41) is 8.66. The van der Waals surface area contributed by atoms with Crippen molar-refractivity contribution in [3.05, 3.63) is 29.5 Å². The van der Waals surface area contributed by atoms with Gasteiger partial charge in [-0.05, 0) is 17.7 Å². The fraction of sp³-hybridized carbons (Fsp3) is 0.267. The molecule has 1 heterocycles. The van der Waals surface area contributed by atoms with Crippen LogP contribution in [0.3, 0.4) is 0 Å². The molecule has 0 aliphatic carbocycles. The highest BCUT2D eigenvalue weighted by Crippen LogP contribution is 2.39. The number of nitrogen functional groups attached to an aromatic ring is 2.